The number of pyridine rings is 1. The van der Waals surface area contributed by atoms with E-state index in [9.17, 15) is 9.18 Å². The topological polar surface area (TPSA) is 115 Å². The van der Waals surface area contributed by atoms with E-state index < -0.39 is 17.8 Å². The highest BCUT2D eigenvalue weighted by Gasteiger charge is 2.21. The molecule has 1 atom stereocenters. The summed E-state index contributed by atoms with van der Waals surface area (Å²) in [4.78, 5) is 19.1. The third-order valence-electron chi connectivity index (χ3n) is 5.16. The Labute approximate surface area is 205 Å². The molecule has 1 aliphatic heterocycles. The Balaban J connectivity index is 1.47. The van der Waals surface area contributed by atoms with Gasteiger partial charge in [-0.3, -0.25) is 4.79 Å². The molecule has 0 bridgehead atoms. The summed E-state index contributed by atoms with van der Waals surface area (Å²) in [7, 11) is 0. The van der Waals surface area contributed by atoms with E-state index in [1.807, 2.05) is 0 Å². The Morgan fingerprint density at radius 1 is 1.24 bits per heavy atom. The normalized spacial score (nSPS) is 14.5. The summed E-state index contributed by atoms with van der Waals surface area (Å²) in [5.41, 5.74) is 6.47. The van der Waals surface area contributed by atoms with Crippen LogP contribution in [0.1, 0.15) is 28.9 Å². The van der Waals surface area contributed by atoms with Gasteiger partial charge in [-0.2, -0.15) is 0 Å². The summed E-state index contributed by atoms with van der Waals surface area (Å²) < 4.78 is 25.0. The number of nitrogens with zero attached hydrogens (tertiary/aromatic N) is 4. The molecule has 1 saturated heterocycles. The molecule has 1 unspecified atom stereocenters. The van der Waals surface area contributed by atoms with Gasteiger partial charge in [0.2, 0.25) is 0 Å². The summed E-state index contributed by atoms with van der Waals surface area (Å²) in [6, 6.07) is 7.41. The average Bonchev–Trinajstić information content (AvgIpc) is 2.84. The fourth-order valence-corrected chi connectivity index (χ4v) is 4.07. The van der Waals surface area contributed by atoms with Crippen LogP contribution in [0.2, 0.25) is 10.0 Å². The Morgan fingerprint density at radius 2 is 2.00 bits per heavy atom. The molecule has 3 heterocycles. The molecule has 9 nitrogen and oxygen atoms in total. The number of nitrogens with two attached hydrogens (primary N) is 1. The van der Waals surface area contributed by atoms with E-state index in [1.165, 1.54) is 24.4 Å². The number of morpholine rings is 1. The van der Waals surface area contributed by atoms with E-state index in [4.69, 9.17) is 38.4 Å². The Morgan fingerprint density at radius 3 is 2.71 bits per heavy atom. The Bertz CT molecular complexity index is 1190. The zero-order chi connectivity index (χ0) is 24.2. The molecular formula is C22H21Cl2FN6O3. The van der Waals surface area contributed by atoms with E-state index in [-0.39, 0.29) is 33.0 Å². The van der Waals surface area contributed by atoms with Crippen LogP contribution in [0, 0.1) is 5.82 Å². The lowest BCUT2D eigenvalue weighted by molar-refractivity contribution is 0.102. The first-order chi connectivity index (χ1) is 16.3. The number of nitrogen functional groups attached to an aromatic ring is 1. The zero-order valence-electron chi connectivity index (χ0n) is 18.1. The van der Waals surface area contributed by atoms with Crippen LogP contribution in [0.5, 0.6) is 5.75 Å². The van der Waals surface area contributed by atoms with Crippen molar-refractivity contribution < 1.29 is 18.7 Å². The number of rotatable bonds is 6. The highest BCUT2D eigenvalue weighted by Crippen LogP contribution is 2.36. The van der Waals surface area contributed by atoms with Crippen LogP contribution in [0.25, 0.3) is 0 Å². The maximum absolute atomic E-state index is 13.9. The molecule has 3 N–H and O–H groups in total. The van der Waals surface area contributed by atoms with Crippen molar-refractivity contribution in [3.63, 3.8) is 0 Å². The molecule has 34 heavy (non-hydrogen) atoms. The first-order valence-electron chi connectivity index (χ1n) is 10.4. The molecule has 3 aromatic rings. The fraction of sp³-hybridized carbons (Fsp3) is 0.273. The van der Waals surface area contributed by atoms with E-state index in [2.05, 4.69) is 25.4 Å². The molecule has 0 spiro atoms. The van der Waals surface area contributed by atoms with Gasteiger partial charge >= 0.3 is 0 Å². The SMILES string of the molecule is CC(Oc1cc(NC(=O)c2ccc(N3CCOCC3)nc2)nnc1N)c1c(Cl)ccc(F)c1Cl. The number of hydrogen-bond donors (Lipinski definition) is 2. The quantitative estimate of drug-likeness (QED) is 0.479. The van der Waals surface area contributed by atoms with Crippen molar-refractivity contribution in [3.8, 4) is 5.75 Å². The average molecular weight is 507 g/mol. The van der Waals surface area contributed by atoms with Gasteiger partial charge in [0.15, 0.2) is 17.4 Å². The van der Waals surface area contributed by atoms with Gasteiger partial charge in [0, 0.05) is 35.9 Å². The molecule has 1 aromatic carbocycles. The van der Waals surface area contributed by atoms with Crippen LogP contribution in [0.4, 0.5) is 21.8 Å². The third kappa shape index (κ3) is 5.30. The summed E-state index contributed by atoms with van der Waals surface area (Å²) in [6.45, 7) is 4.40. The predicted molar refractivity (Wildman–Crippen MR) is 127 cm³/mol. The van der Waals surface area contributed by atoms with E-state index in [1.54, 1.807) is 19.1 Å². The first kappa shape index (κ1) is 23.9. The van der Waals surface area contributed by atoms with Crippen molar-refractivity contribution in [1.29, 1.82) is 0 Å². The number of nitrogens with one attached hydrogen (secondary N) is 1. The fourth-order valence-electron chi connectivity index (χ4n) is 3.39. The second kappa shape index (κ2) is 10.4. The number of ether oxygens (including phenoxy) is 2. The molecule has 4 rings (SSSR count). The predicted octanol–water partition coefficient (Wildman–Crippen LogP) is 4.13. The minimum atomic E-state index is -0.761. The van der Waals surface area contributed by atoms with Gasteiger partial charge in [-0.15, -0.1) is 10.2 Å². The largest absolute Gasteiger partial charge is 0.482 e. The van der Waals surface area contributed by atoms with Gasteiger partial charge in [-0.05, 0) is 31.2 Å². The number of anilines is 3. The van der Waals surface area contributed by atoms with Crippen LogP contribution in [0.15, 0.2) is 36.5 Å². The maximum Gasteiger partial charge on any atom is 0.258 e. The minimum Gasteiger partial charge on any atom is -0.482 e. The lowest BCUT2D eigenvalue weighted by atomic mass is 10.1. The standard InChI is InChI=1S/C22H21Cl2FN6O3/c1-12(19-14(23)3-4-15(25)20(19)24)34-16-10-17(29-30-21(16)26)28-22(32)13-2-5-18(27-11-13)31-6-8-33-9-7-31/h2-5,10-12H,6-9H2,1H3,(H2,26,30)(H,28,29,32). The molecule has 0 radical (unpaired) electrons. The van der Waals surface area contributed by atoms with Crippen LogP contribution < -0.4 is 20.7 Å². The second-order valence-electron chi connectivity index (χ2n) is 7.45. The number of aromatic nitrogens is 3. The van der Waals surface area contributed by atoms with Gasteiger partial charge in [0.05, 0.1) is 23.8 Å². The van der Waals surface area contributed by atoms with Crippen molar-refractivity contribution >= 4 is 46.6 Å². The molecule has 1 amide bonds. The lowest BCUT2D eigenvalue weighted by Crippen LogP contribution is -2.36. The number of amides is 1. The molecule has 178 valence electrons. The molecule has 12 heteroatoms. The van der Waals surface area contributed by atoms with Gasteiger partial charge in [0.1, 0.15) is 17.7 Å². The summed E-state index contributed by atoms with van der Waals surface area (Å²) >= 11 is 12.2. The zero-order valence-corrected chi connectivity index (χ0v) is 19.6. The van der Waals surface area contributed by atoms with Gasteiger partial charge in [-0.25, -0.2) is 9.37 Å². The summed E-state index contributed by atoms with van der Waals surface area (Å²) in [5.74, 6) is -0.0876. The number of benzene rings is 1. The minimum absolute atomic E-state index is 0.0231. The van der Waals surface area contributed by atoms with Crippen molar-refractivity contribution in [1.82, 2.24) is 15.2 Å². The Hall–Kier alpha value is -3.21. The van der Waals surface area contributed by atoms with E-state index in [0.717, 1.165) is 18.9 Å². The van der Waals surface area contributed by atoms with Crippen LogP contribution in [-0.4, -0.2) is 47.4 Å². The molecule has 1 fully saturated rings. The number of carbonyl (C=O) groups excluding carboxylic acids is 1. The second-order valence-corrected chi connectivity index (χ2v) is 8.24. The lowest BCUT2D eigenvalue weighted by Gasteiger charge is -2.27. The highest BCUT2D eigenvalue weighted by molar-refractivity contribution is 6.36. The number of carbonyl (C=O) groups is 1. The van der Waals surface area contributed by atoms with Gasteiger partial charge in [0.25, 0.3) is 5.91 Å². The summed E-state index contributed by atoms with van der Waals surface area (Å²) in [6.07, 6.45) is 0.723. The molecule has 2 aromatic heterocycles. The van der Waals surface area contributed by atoms with Crippen LogP contribution >= 0.6 is 23.2 Å². The molecule has 0 aliphatic carbocycles. The molecular weight excluding hydrogens is 486 g/mol. The Kier molecular flexibility index (Phi) is 7.30. The molecule has 1 aliphatic rings. The number of hydrogen-bond acceptors (Lipinski definition) is 8. The first-order valence-corrected chi connectivity index (χ1v) is 11.1. The highest BCUT2D eigenvalue weighted by atomic mass is 35.5. The van der Waals surface area contributed by atoms with E-state index >= 15 is 0 Å². The van der Waals surface area contributed by atoms with Crippen molar-refractivity contribution in [2.75, 3.05) is 42.3 Å². The van der Waals surface area contributed by atoms with Gasteiger partial charge in [-0.1, -0.05) is 23.2 Å². The van der Waals surface area contributed by atoms with Crippen molar-refractivity contribution in [3.05, 3.63) is 63.5 Å². The molecule has 0 saturated carbocycles. The van der Waals surface area contributed by atoms with Gasteiger partial charge < -0.3 is 25.4 Å². The van der Waals surface area contributed by atoms with Crippen molar-refractivity contribution in [2.45, 2.75) is 13.0 Å². The van der Waals surface area contributed by atoms with Crippen molar-refractivity contribution in [2.24, 2.45) is 0 Å². The van der Waals surface area contributed by atoms with Crippen LogP contribution in [0.3, 0.4) is 0 Å². The number of halogens is 3. The summed E-state index contributed by atoms with van der Waals surface area (Å²) in [5, 5.41) is 10.4. The van der Waals surface area contributed by atoms with Crippen LogP contribution in [-0.2, 0) is 4.74 Å². The smallest absolute Gasteiger partial charge is 0.258 e. The monoisotopic (exact) mass is 506 g/mol. The third-order valence-corrected chi connectivity index (χ3v) is 5.88. The van der Waals surface area contributed by atoms with E-state index in [0.29, 0.717) is 18.8 Å². The maximum atomic E-state index is 13.9.